The summed E-state index contributed by atoms with van der Waals surface area (Å²) >= 11 is 5.86. The van der Waals surface area contributed by atoms with Crippen LogP contribution in [0, 0.1) is 0 Å². The van der Waals surface area contributed by atoms with Gasteiger partial charge in [0.05, 0.1) is 25.0 Å². The van der Waals surface area contributed by atoms with E-state index in [0.717, 1.165) is 33.4 Å². The lowest BCUT2D eigenvalue weighted by Crippen LogP contribution is -2.10. The highest BCUT2D eigenvalue weighted by Gasteiger charge is 2.17. The number of pyridine rings is 1. The van der Waals surface area contributed by atoms with Gasteiger partial charge in [-0.3, -0.25) is 4.79 Å². The molecule has 0 saturated carbocycles. The Bertz CT molecular complexity index is 1330. The third kappa shape index (κ3) is 4.86. The molecule has 0 fully saturated rings. The number of rotatable bonds is 7. The van der Waals surface area contributed by atoms with Gasteiger partial charge in [0.15, 0.2) is 0 Å². The highest BCUT2D eigenvalue weighted by atomic mass is 35.5. The molecule has 0 aliphatic heterocycles. The Morgan fingerprint density at radius 3 is 2.70 bits per heavy atom. The van der Waals surface area contributed by atoms with Gasteiger partial charge in [-0.2, -0.15) is 0 Å². The maximum Gasteiger partial charge on any atom is 0.249 e. The van der Waals surface area contributed by atoms with Crippen LogP contribution in [0.2, 0.25) is 5.02 Å². The summed E-state index contributed by atoms with van der Waals surface area (Å²) < 4.78 is 17.2. The minimum absolute atomic E-state index is 0.304. The van der Waals surface area contributed by atoms with Crippen LogP contribution in [0.15, 0.2) is 71.5 Å². The first-order valence-corrected chi connectivity index (χ1v) is 10.8. The number of methoxy groups -OCH3 is 1. The van der Waals surface area contributed by atoms with E-state index in [1.807, 2.05) is 50.2 Å². The molecular weight excluding hydrogens is 440 g/mol. The highest BCUT2D eigenvalue weighted by Crippen LogP contribution is 2.40. The van der Waals surface area contributed by atoms with Crippen molar-refractivity contribution < 1.29 is 18.7 Å². The van der Waals surface area contributed by atoms with Gasteiger partial charge in [0.25, 0.3) is 0 Å². The SMILES string of the molecule is CCOc1cc2occ(-c3ccccc3OC)c2cc1/C(C)=C/C(=O)Nc1ccc(Cl)cn1. The molecule has 6 nitrogen and oxygen atoms in total. The molecule has 7 heteroatoms. The van der Waals surface area contributed by atoms with Crippen LogP contribution < -0.4 is 14.8 Å². The molecule has 2 aromatic carbocycles. The van der Waals surface area contributed by atoms with E-state index in [0.29, 0.717) is 28.8 Å². The third-order valence-corrected chi connectivity index (χ3v) is 5.35. The molecule has 0 unspecified atom stereocenters. The van der Waals surface area contributed by atoms with E-state index >= 15 is 0 Å². The van der Waals surface area contributed by atoms with Gasteiger partial charge in [0.2, 0.25) is 5.91 Å². The summed E-state index contributed by atoms with van der Waals surface area (Å²) in [5.41, 5.74) is 4.03. The maximum atomic E-state index is 12.6. The zero-order valence-electron chi connectivity index (χ0n) is 18.5. The predicted octanol–water partition coefficient (Wildman–Crippen LogP) is 6.60. The predicted molar refractivity (Wildman–Crippen MR) is 131 cm³/mol. The molecule has 0 atom stereocenters. The number of nitrogens with zero attached hydrogens (tertiary/aromatic N) is 1. The Morgan fingerprint density at radius 2 is 1.97 bits per heavy atom. The summed E-state index contributed by atoms with van der Waals surface area (Å²) in [6.45, 7) is 4.25. The fourth-order valence-corrected chi connectivity index (χ4v) is 3.71. The van der Waals surface area contributed by atoms with Gasteiger partial charge in [-0.25, -0.2) is 4.98 Å². The Morgan fingerprint density at radius 1 is 1.15 bits per heavy atom. The van der Waals surface area contributed by atoms with E-state index in [1.165, 1.54) is 12.3 Å². The van der Waals surface area contributed by atoms with Crippen LogP contribution in [0.25, 0.3) is 27.7 Å². The second-order valence-corrected chi connectivity index (χ2v) is 7.74. The number of carbonyl (C=O) groups is 1. The summed E-state index contributed by atoms with van der Waals surface area (Å²) in [6, 6.07) is 14.9. The molecule has 4 rings (SSSR count). The van der Waals surface area contributed by atoms with Crippen LogP contribution in [0.4, 0.5) is 5.82 Å². The van der Waals surface area contributed by atoms with Gasteiger partial charge in [0, 0.05) is 40.4 Å². The van der Waals surface area contributed by atoms with Crippen molar-refractivity contribution in [3.63, 3.8) is 0 Å². The molecule has 0 aliphatic rings. The van der Waals surface area contributed by atoms with Crippen LogP contribution in [0.5, 0.6) is 11.5 Å². The van der Waals surface area contributed by atoms with Crippen LogP contribution >= 0.6 is 11.6 Å². The van der Waals surface area contributed by atoms with Crippen molar-refractivity contribution in [2.45, 2.75) is 13.8 Å². The van der Waals surface area contributed by atoms with Gasteiger partial charge >= 0.3 is 0 Å². The first-order valence-electron chi connectivity index (χ1n) is 10.4. The van der Waals surface area contributed by atoms with Crippen LogP contribution in [-0.4, -0.2) is 24.6 Å². The minimum atomic E-state index is -0.304. The number of allylic oxidation sites excluding steroid dienone is 1. The average molecular weight is 463 g/mol. The lowest BCUT2D eigenvalue weighted by Gasteiger charge is -2.12. The summed E-state index contributed by atoms with van der Waals surface area (Å²) in [5.74, 6) is 1.50. The topological polar surface area (TPSA) is 73.6 Å². The minimum Gasteiger partial charge on any atom is -0.496 e. The number of amides is 1. The number of benzene rings is 2. The number of furan rings is 1. The number of hydrogen-bond acceptors (Lipinski definition) is 5. The molecule has 0 aliphatic carbocycles. The molecule has 0 saturated heterocycles. The van der Waals surface area contributed by atoms with Gasteiger partial charge in [-0.1, -0.05) is 29.8 Å². The summed E-state index contributed by atoms with van der Waals surface area (Å²) in [4.78, 5) is 16.7. The average Bonchev–Trinajstić information content (AvgIpc) is 3.22. The van der Waals surface area contributed by atoms with Crippen molar-refractivity contribution in [1.82, 2.24) is 4.98 Å². The number of nitrogens with one attached hydrogen (secondary N) is 1. The maximum absolute atomic E-state index is 12.6. The van der Waals surface area contributed by atoms with E-state index < -0.39 is 0 Å². The Labute approximate surface area is 196 Å². The number of halogens is 1. The van der Waals surface area contributed by atoms with E-state index in [1.54, 1.807) is 25.5 Å². The quantitative estimate of drug-likeness (QED) is 0.313. The molecule has 33 heavy (non-hydrogen) atoms. The van der Waals surface area contributed by atoms with E-state index in [-0.39, 0.29) is 5.91 Å². The second kappa shape index (κ2) is 9.79. The number of hydrogen-bond donors (Lipinski definition) is 1. The molecule has 2 aromatic heterocycles. The number of aromatic nitrogens is 1. The van der Waals surface area contributed by atoms with E-state index in [2.05, 4.69) is 10.3 Å². The first kappa shape index (κ1) is 22.4. The number of carbonyl (C=O) groups excluding carboxylic acids is 1. The van der Waals surface area contributed by atoms with Crippen LogP contribution in [0.1, 0.15) is 19.4 Å². The molecule has 0 radical (unpaired) electrons. The standard InChI is InChI=1S/C26H23ClN2O4/c1-4-32-23-13-24-20(21(15-33-24)18-7-5-6-8-22(18)31-3)12-19(23)16(2)11-26(30)29-25-10-9-17(27)14-28-25/h5-15H,4H2,1-3H3,(H,28,29,30)/b16-11+. The fourth-order valence-electron chi connectivity index (χ4n) is 3.60. The van der Waals surface area contributed by atoms with Gasteiger partial charge < -0.3 is 19.2 Å². The Kier molecular flexibility index (Phi) is 6.66. The second-order valence-electron chi connectivity index (χ2n) is 7.31. The fraction of sp³-hybridized carbons (Fsp3) is 0.154. The first-order chi connectivity index (χ1) is 16.0. The van der Waals surface area contributed by atoms with Gasteiger partial charge in [-0.05, 0) is 43.7 Å². The third-order valence-electron chi connectivity index (χ3n) is 5.12. The molecule has 2 heterocycles. The Hall–Kier alpha value is -3.77. The van der Waals surface area contributed by atoms with E-state index in [9.17, 15) is 4.79 Å². The van der Waals surface area contributed by atoms with Gasteiger partial charge in [-0.15, -0.1) is 0 Å². The lowest BCUT2D eigenvalue weighted by atomic mass is 9.98. The highest BCUT2D eigenvalue weighted by molar-refractivity contribution is 6.30. The van der Waals surface area contributed by atoms with Crippen molar-refractivity contribution in [2.24, 2.45) is 0 Å². The smallest absolute Gasteiger partial charge is 0.249 e. The van der Waals surface area contributed by atoms with Crippen LogP contribution in [0.3, 0.4) is 0 Å². The largest absolute Gasteiger partial charge is 0.496 e. The van der Waals surface area contributed by atoms with Crippen molar-refractivity contribution in [1.29, 1.82) is 0 Å². The molecule has 1 amide bonds. The molecule has 1 N–H and O–H groups in total. The van der Waals surface area contributed by atoms with Crippen molar-refractivity contribution >= 4 is 39.9 Å². The summed E-state index contributed by atoms with van der Waals surface area (Å²) in [6.07, 6.45) is 4.70. The normalized spacial score (nSPS) is 11.5. The number of fused-ring (bicyclic) bond motifs is 1. The molecule has 4 aromatic rings. The van der Waals surface area contributed by atoms with Crippen molar-refractivity contribution in [3.8, 4) is 22.6 Å². The zero-order valence-corrected chi connectivity index (χ0v) is 19.3. The Balaban J connectivity index is 1.74. The summed E-state index contributed by atoms with van der Waals surface area (Å²) in [5, 5.41) is 4.14. The number of anilines is 1. The van der Waals surface area contributed by atoms with Crippen molar-refractivity contribution in [2.75, 3.05) is 19.0 Å². The van der Waals surface area contributed by atoms with Crippen LogP contribution in [-0.2, 0) is 4.79 Å². The van der Waals surface area contributed by atoms with Gasteiger partial charge in [0.1, 0.15) is 22.9 Å². The molecule has 168 valence electrons. The summed E-state index contributed by atoms with van der Waals surface area (Å²) in [7, 11) is 1.64. The monoisotopic (exact) mass is 462 g/mol. The number of para-hydroxylation sites is 1. The zero-order chi connectivity index (χ0) is 23.4. The van der Waals surface area contributed by atoms with E-state index in [4.69, 9.17) is 25.5 Å². The molecule has 0 bridgehead atoms. The molecular formula is C26H23ClN2O4. The lowest BCUT2D eigenvalue weighted by molar-refractivity contribution is -0.111. The number of ether oxygens (including phenoxy) is 2. The molecule has 0 spiro atoms. The van der Waals surface area contributed by atoms with Crippen molar-refractivity contribution in [3.05, 3.63) is 77.7 Å².